The number of hydrogen-bond acceptors (Lipinski definition) is 2. The summed E-state index contributed by atoms with van der Waals surface area (Å²) in [6, 6.07) is 5.76. The zero-order valence-corrected chi connectivity index (χ0v) is 13.8. The minimum absolute atomic E-state index is 0. The number of benzene rings is 1. The Morgan fingerprint density at radius 1 is 1.33 bits per heavy atom. The van der Waals surface area contributed by atoms with Crippen molar-refractivity contribution in [3.63, 3.8) is 0 Å². The standard InChI is InChI=1S/C15H18Cl2N2O.ClH/c16-12-4-3-9(5-13(12)17)10-6-11(10)15(20)19-14(7-18)8-1-2-8;/h3-5,8,10-11,14H,1-2,6-7,18H2,(H,19,20);1H. The summed E-state index contributed by atoms with van der Waals surface area (Å²) >= 11 is 11.9. The number of nitrogens with two attached hydrogens (primary N) is 1. The van der Waals surface area contributed by atoms with Crippen LogP contribution in [-0.4, -0.2) is 18.5 Å². The highest BCUT2D eigenvalue weighted by atomic mass is 35.5. The second-order valence-corrected chi connectivity index (χ2v) is 6.62. The van der Waals surface area contributed by atoms with E-state index in [1.54, 1.807) is 6.07 Å². The van der Waals surface area contributed by atoms with Crippen molar-refractivity contribution < 1.29 is 4.79 Å². The van der Waals surface area contributed by atoms with Crippen molar-refractivity contribution in [1.29, 1.82) is 0 Å². The number of amides is 1. The third kappa shape index (κ3) is 3.84. The Morgan fingerprint density at radius 3 is 2.62 bits per heavy atom. The molecule has 3 nitrogen and oxygen atoms in total. The van der Waals surface area contributed by atoms with Crippen LogP contribution in [0.5, 0.6) is 0 Å². The zero-order valence-electron chi connectivity index (χ0n) is 11.5. The second-order valence-electron chi connectivity index (χ2n) is 5.81. The normalized spacial score (nSPS) is 24.9. The summed E-state index contributed by atoms with van der Waals surface area (Å²) in [6.07, 6.45) is 3.25. The van der Waals surface area contributed by atoms with E-state index >= 15 is 0 Å². The van der Waals surface area contributed by atoms with Crippen LogP contribution in [0.15, 0.2) is 18.2 Å². The lowest BCUT2D eigenvalue weighted by atomic mass is 10.1. The average molecular weight is 350 g/mol. The van der Waals surface area contributed by atoms with E-state index in [4.69, 9.17) is 28.9 Å². The van der Waals surface area contributed by atoms with Crippen LogP contribution in [0.25, 0.3) is 0 Å². The zero-order chi connectivity index (χ0) is 14.3. The molecular weight excluding hydrogens is 331 g/mol. The molecule has 0 aromatic heterocycles. The van der Waals surface area contributed by atoms with Crippen LogP contribution in [0, 0.1) is 11.8 Å². The SMILES string of the molecule is Cl.NCC(NC(=O)C1CC1c1ccc(Cl)c(Cl)c1)C1CC1. The summed E-state index contributed by atoms with van der Waals surface area (Å²) in [6.45, 7) is 0.528. The lowest BCUT2D eigenvalue weighted by Crippen LogP contribution is -2.42. The molecule has 0 heterocycles. The number of carbonyl (C=O) groups excluding carboxylic acids is 1. The van der Waals surface area contributed by atoms with Crippen LogP contribution in [0.1, 0.15) is 30.7 Å². The lowest BCUT2D eigenvalue weighted by molar-refractivity contribution is -0.123. The van der Waals surface area contributed by atoms with Gasteiger partial charge in [-0.15, -0.1) is 12.4 Å². The Bertz CT molecular complexity index is 534. The Morgan fingerprint density at radius 2 is 2.05 bits per heavy atom. The molecule has 1 aromatic rings. The van der Waals surface area contributed by atoms with Crippen LogP contribution < -0.4 is 11.1 Å². The summed E-state index contributed by atoms with van der Waals surface area (Å²) in [4.78, 5) is 12.2. The topological polar surface area (TPSA) is 55.1 Å². The molecule has 2 aliphatic rings. The van der Waals surface area contributed by atoms with Gasteiger partial charge in [0.25, 0.3) is 0 Å². The highest BCUT2D eigenvalue weighted by molar-refractivity contribution is 6.42. The van der Waals surface area contributed by atoms with Gasteiger partial charge >= 0.3 is 0 Å². The molecule has 3 rings (SSSR count). The van der Waals surface area contributed by atoms with Gasteiger partial charge in [-0.3, -0.25) is 4.79 Å². The highest BCUT2D eigenvalue weighted by Gasteiger charge is 2.45. The Labute approximate surface area is 141 Å². The molecule has 2 aliphatic carbocycles. The third-order valence-electron chi connectivity index (χ3n) is 4.27. The van der Waals surface area contributed by atoms with Crippen LogP contribution in [0.3, 0.4) is 0 Å². The van der Waals surface area contributed by atoms with Gasteiger partial charge in [0.05, 0.1) is 10.0 Å². The predicted molar refractivity (Wildman–Crippen MR) is 88.3 cm³/mol. The maximum absolute atomic E-state index is 12.2. The molecular formula is C15H19Cl3N2O. The van der Waals surface area contributed by atoms with E-state index in [-0.39, 0.29) is 36.2 Å². The van der Waals surface area contributed by atoms with E-state index < -0.39 is 0 Å². The van der Waals surface area contributed by atoms with Crippen molar-refractivity contribution in [2.45, 2.75) is 31.2 Å². The molecule has 2 saturated carbocycles. The Kier molecular flexibility index (Phi) is 5.42. The lowest BCUT2D eigenvalue weighted by Gasteiger charge is -2.16. The van der Waals surface area contributed by atoms with Crippen LogP contribution in [0.2, 0.25) is 10.0 Å². The molecule has 0 saturated heterocycles. The molecule has 0 aliphatic heterocycles. The van der Waals surface area contributed by atoms with E-state index in [2.05, 4.69) is 5.32 Å². The molecule has 21 heavy (non-hydrogen) atoms. The fourth-order valence-electron chi connectivity index (χ4n) is 2.75. The van der Waals surface area contributed by atoms with Crippen molar-refractivity contribution in [2.24, 2.45) is 17.6 Å². The van der Waals surface area contributed by atoms with Crippen LogP contribution in [0.4, 0.5) is 0 Å². The quantitative estimate of drug-likeness (QED) is 0.856. The number of hydrogen-bond donors (Lipinski definition) is 2. The van der Waals surface area contributed by atoms with Gasteiger partial charge in [-0.1, -0.05) is 29.3 Å². The minimum atomic E-state index is 0. The first kappa shape index (κ1) is 16.9. The van der Waals surface area contributed by atoms with Gasteiger partial charge in [-0.2, -0.15) is 0 Å². The molecule has 3 unspecified atom stereocenters. The maximum Gasteiger partial charge on any atom is 0.224 e. The monoisotopic (exact) mass is 348 g/mol. The Hall–Kier alpha value is -0.480. The molecule has 116 valence electrons. The first-order valence-corrected chi connectivity index (χ1v) is 7.81. The molecule has 0 radical (unpaired) electrons. The van der Waals surface area contributed by atoms with Gasteiger partial charge in [0.1, 0.15) is 0 Å². The maximum atomic E-state index is 12.2. The smallest absolute Gasteiger partial charge is 0.224 e. The Balaban J connectivity index is 0.00000161. The third-order valence-corrected chi connectivity index (χ3v) is 5.01. The van der Waals surface area contributed by atoms with E-state index in [1.807, 2.05) is 12.1 Å². The van der Waals surface area contributed by atoms with E-state index in [9.17, 15) is 4.79 Å². The van der Waals surface area contributed by atoms with Gasteiger partial charge in [0.15, 0.2) is 0 Å². The predicted octanol–water partition coefficient (Wildman–Crippen LogP) is 3.37. The first-order valence-electron chi connectivity index (χ1n) is 7.05. The summed E-state index contributed by atoms with van der Waals surface area (Å²) in [5.74, 6) is 1.04. The second kappa shape index (κ2) is 6.74. The van der Waals surface area contributed by atoms with E-state index in [1.165, 1.54) is 12.8 Å². The number of rotatable bonds is 5. The summed E-state index contributed by atoms with van der Waals surface area (Å²) < 4.78 is 0. The van der Waals surface area contributed by atoms with Crippen LogP contribution >= 0.6 is 35.6 Å². The minimum Gasteiger partial charge on any atom is -0.352 e. The molecule has 0 bridgehead atoms. The molecule has 2 fully saturated rings. The molecule has 1 aromatic carbocycles. The van der Waals surface area contributed by atoms with Gasteiger partial charge < -0.3 is 11.1 Å². The summed E-state index contributed by atoms with van der Waals surface area (Å²) in [7, 11) is 0. The van der Waals surface area contributed by atoms with Crippen molar-refractivity contribution in [1.82, 2.24) is 5.32 Å². The van der Waals surface area contributed by atoms with Gasteiger partial charge in [-0.25, -0.2) is 0 Å². The van der Waals surface area contributed by atoms with Crippen LogP contribution in [-0.2, 0) is 4.79 Å². The molecule has 3 atom stereocenters. The number of carbonyl (C=O) groups is 1. The number of nitrogens with one attached hydrogen (secondary N) is 1. The van der Waals surface area contributed by atoms with Crippen molar-refractivity contribution >= 4 is 41.5 Å². The average Bonchev–Trinajstić information content (AvgIpc) is 3.29. The largest absolute Gasteiger partial charge is 0.352 e. The highest BCUT2D eigenvalue weighted by Crippen LogP contribution is 2.48. The van der Waals surface area contributed by atoms with Gasteiger partial charge in [0, 0.05) is 18.5 Å². The fraction of sp³-hybridized carbons (Fsp3) is 0.533. The van der Waals surface area contributed by atoms with E-state index in [0.717, 1.165) is 12.0 Å². The molecule has 0 spiro atoms. The summed E-state index contributed by atoms with van der Waals surface area (Å²) in [5.41, 5.74) is 6.81. The van der Waals surface area contributed by atoms with Gasteiger partial charge in [0.2, 0.25) is 5.91 Å². The molecule has 3 N–H and O–H groups in total. The fourth-order valence-corrected chi connectivity index (χ4v) is 3.06. The summed E-state index contributed by atoms with van der Waals surface area (Å²) in [5, 5.41) is 4.19. The first-order chi connectivity index (χ1) is 9.60. The molecule has 6 heteroatoms. The molecule has 1 amide bonds. The number of halogens is 3. The van der Waals surface area contributed by atoms with Crippen molar-refractivity contribution in [3.8, 4) is 0 Å². The van der Waals surface area contributed by atoms with Crippen molar-refractivity contribution in [2.75, 3.05) is 6.54 Å². The van der Waals surface area contributed by atoms with E-state index in [0.29, 0.717) is 22.5 Å². The van der Waals surface area contributed by atoms with Gasteiger partial charge in [-0.05, 0) is 48.8 Å². The van der Waals surface area contributed by atoms with Crippen molar-refractivity contribution in [3.05, 3.63) is 33.8 Å².